The third kappa shape index (κ3) is 11.4. The monoisotopic (exact) mass is 882 g/mol. The number of halogens is 2. The molecule has 0 heterocycles. The summed E-state index contributed by atoms with van der Waals surface area (Å²) >= 11 is -1.14. The van der Waals surface area contributed by atoms with E-state index in [1.165, 1.54) is 65.2 Å². The summed E-state index contributed by atoms with van der Waals surface area (Å²) in [5, 5.41) is 8.69. The first-order chi connectivity index (χ1) is 22.7. The van der Waals surface area contributed by atoms with Gasteiger partial charge in [0.05, 0.1) is 15.8 Å². The SMILES string of the molecule is Cc1ccc([PH+](c2ccc(C)cc2)c2ccc(C)cc2)cc1.Cc1ccc([PH+](c2ccc(C)cc2)c2ccc(C)cc2)cc1.[Cl][Hg][Cl]. The van der Waals surface area contributed by atoms with E-state index in [1.807, 2.05) is 0 Å². The summed E-state index contributed by atoms with van der Waals surface area (Å²) in [6.45, 7) is 12.9. The molecule has 0 aliphatic heterocycles. The van der Waals surface area contributed by atoms with Crippen LogP contribution in [0.5, 0.6) is 0 Å². The summed E-state index contributed by atoms with van der Waals surface area (Å²) in [6.07, 6.45) is 0. The molecular formula is C42H44Cl2HgP2+2. The molecular weight excluding hydrogens is 838 g/mol. The average Bonchev–Trinajstić information content (AvgIpc) is 3.07. The molecule has 0 unspecified atom stereocenters. The average molecular weight is 882 g/mol. The molecule has 5 heteroatoms. The van der Waals surface area contributed by atoms with Crippen LogP contribution in [0.3, 0.4) is 0 Å². The normalized spacial score (nSPS) is 10.4. The van der Waals surface area contributed by atoms with Crippen molar-refractivity contribution >= 4 is 64.2 Å². The van der Waals surface area contributed by atoms with E-state index < -0.39 is 37.9 Å². The van der Waals surface area contributed by atoms with Crippen LogP contribution in [0.4, 0.5) is 0 Å². The Balaban J connectivity index is 0.000000197. The van der Waals surface area contributed by atoms with Crippen LogP contribution in [-0.4, -0.2) is 0 Å². The molecule has 0 nitrogen and oxygen atoms in total. The summed E-state index contributed by atoms with van der Waals surface area (Å²) in [5.41, 5.74) is 7.91. The molecule has 0 radical (unpaired) electrons. The van der Waals surface area contributed by atoms with Gasteiger partial charge in [-0.1, -0.05) is 106 Å². The van der Waals surface area contributed by atoms with Crippen molar-refractivity contribution < 1.29 is 22.1 Å². The zero-order valence-corrected chi connectivity index (χ0v) is 37.3. The van der Waals surface area contributed by atoms with Crippen LogP contribution in [0, 0.1) is 41.5 Å². The molecule has 0 saturated heterocycles. The van der Waals surface area contributed by atoms with E-state index in [1.54, 1.807) is 0 Å². The molecule has 236 valence electrons. The second-order valence-electron chi connectivity index (χ2n) is 12.0. The first kappa shape index (κ1) is 37.5. The Morgan fingerprint density at radius 3 is 0.489 bits per heavy atom. The van der Waals surface area contributed by atoms with Gasteiger partial charge in [0.15, 0.2) is 0 Å². The molecule has 47 heavy (non-hydrogen) atoms. The number of benzene rings is 6. The minimum atomic E-state index is -1.14. The van der Waals surface area contributed by atoms with Gasteiger partial charge in [0.2, 0.25) is 0 Å². The van der Waals surface area contributed by atoms with E-state index in [9.17, 15) is 0 Å². The molecule has 0 saturated carbocycles. The molecule has 0 aliphatic carbocycles. The fourth-order valence-corrected chi connectivity index (χ4v) is 10.3. The Labute approximate surface area is 304 Å². The van der Waals surface area contributed by atoms with Crippen LogP contribution in [0.25, 0.3) is 0 Å². The van der Waals surface area contributed by atoms with E-state index in [0.717, 1.165) is 0 Å². The first-order valence-electron chi connectivity index (χ1n) is 16.0. The standard InChI is InChI=1S/2C21H21P.2ClH.Hg/c2*1-16-4-10-19(11-5-16)22(20-12-6-17(2)7-13-20)21-14-8-18(3)9-15-21;;;/h2*4-15H,1-3H3;2*1H;/q;;;;+2. The topological polar surface area (TPSA) is 0 Å². The van der Waals surface area contributed by atoms with E-state index in [0.29, 0.717) is 0 Å². The molecule has 6 rings (SSSR count). The van der Waals surface area contributed by atoms with Gasteiger partial charge in [0, 0.05) is 0 Å². The van der Waals surface area contributed by atoms with Crippen molar-refractivity contribution in [2.45, 2.75) is 41.5 Å². The molecule has 0 aromatic heterocycles. The maximum absolute atomic E-state index is 4.99. The van der Waals surface area contributed by atoms with Gasteiger partial charge in [0.25, 0.3) is 0 Å². The van der Waals surface area contributed by atoms with Crippen molar-refractivity contribution in [3.8, 4) is 0 Å². The molecule has 0 spiro atoms. The molecule has 0 amide bonds. The van der Waals surface area contributed by atoms with E-state index >= 15 is 0 Å². The Kier molecular flexibility index (Phi) is 15.2. The third-order valence-corrected chi connectivity index (χ3v) is 13.5. The van der Waals surface area contributed by atoms with Crippen molar-refractivity contribution in [1.82, 2.24) is 0 Å². The molecule has 6 aromatic rings. The van der Waals surface area contributed by atoms with Crippen molar-refractivity contribution in [2.24, 2.45) is 0 Å². The van der Waals surface area contributed by atoms with Gasteiger partial charge >= 0.3 is 38.6 Å². The van der Waals surface area contributed by atoms with Gasteiger partial charge in [0.1, 0.15) is 31.8 Å². The summed E-state index contributed by atoms with van der Waals surface area (Å²) in [5.74, 6) is 0. The summed E-state index contributed by atoms with van der Waals surface area (Å²) in [6, 6.07) is 54.2. The van der Waals surface area contributed by atoms with Crippen molar-refractivity contribution in [1.29, 1.82) is 0 Å². The van der Waals surface area contributed by atoms with Crippen molar-refractivity contribution in [3.05, 3.63) is 179 Å². The fourth-order valence-electron chi connectivity index (χ4n) is 5.32. The van der Waals surface area contributed by atoms with Gasteiger partial charge < -0.3 is 0 Å². The molecule has 0 aliphatic rings. The summed E-state index contributed by atoms with van der Waals surface area (Å²) in [7, 11) is 8.12. The fraction of sp³-hybridized carbons (Fsp3) is 0.143. The Bertz CT molecular complexity index is 1430. The quantitative estimate of drug-likeness (QED) is 0.116. The van der Waals surface area contributed by atoms with Gasteiger partial charge in [-0.25, -0.2) is 0 Å². The molecule has 0 N–H and O–H groups in total. The first-order valence-corrected chi connectivity index (χ1v) is 32.5. The Morgan fingerprint density at radius 2 is 0.383 bits per heavy atom. The van der Waals surface area contributed by atoms with Crippen LogP contribution in [0.1, 0.15) is 33.4 Å². The zero-order chi connectivity index (χ0) is 33.8. The van der Waals surface area contributed by atoms with E-state index in [-0.39, 0.29) is 0 Å². The van der Waals surface area contributed by atoms with Gasteiger partial charge in [-0.2, -0.15) is 0 Å². The predicted molar refractivity (Wildman–Crippen MR) is 213 cm³/mol. The molecule has 0 fully saturated rings. The van der Waals surface area contributed by atoms with Crippen LogP contribution >= 0.6 is 32.3 Å². The number of hydrogen-bond acceptors (Lipinski definition) is 0. The molecule has 0 atom stereocenters. The summed E-state index contributed by atoms with van der Waals surface area (Å²) < 4.78 is 0. The Hall–Kier alpha value is -2.30. The molecule has 6 aromatic carbocycles. The minimum absolute atomic E-state index is 0.927. The van der Waals surface area contributed by atoms with Crippen LogP contribution in [-0.2, 0) is 22.1 Å². The zero-order valence-electron chi connectivity index (χ0n) is 28.3. The van der Waals surface area contributed by atoms with E-state index in [2.05, 4.69) is 187 Å². The van der Waals surface area contributed by atoms with Crippen molar-refractivity contribution in [3.63, 3.8) is 0 Å². The van der Waals surface area contributed by atoms with Crippen LogP contribution in [0.2, 0.25) is 0 Å². The van der Waals surface area contributed by atoms with Crippen LogP contribution in [0.15, 0.2) is 146 Å². The second-order valence-corrected chi connectivity index (χ2v) is 24.9. The van der Waals surface area contributed by atoms with E-state index in [4.69, 9.17) is 16.5 Å². The number of hydrogen-bond donors (Lipinski definition) is 0. The Morgan fingerprint density at radius 1 is 0.277 bits per heavy atom. The second kappa shape index (κ2) is 19.0. The third-order valence-electron chi connectivity index (χ3n) is 8.04. The van der Waals surface area contributed by atoms with Gasteiger partial charge in [-0.15, -0.1) is 0 Å². The summed E-state index contributed by atoms with van der Waals surface area (Å²) in [4.78, 5) is 0. The number of rotatable bonds is 6. The van der Waals surface area contributed by atoms with Crippen molar-refractivity contribution in [2.75, 3.05) is 0 Å². The van der Waals surface area contributed by atoms with Gasteiger partial charge in [-0.3, -0.25) is 0 Å². The van der Waals surface area contributed by atoms with Crippen LogP contribution < -0.4 is 31.8 Å². The molecule has 0 bridgehead atoms. The maximum atomic E-state index is 4.99. The van der Waals surface area contributed by atoms with Gasteiger partial charge in [-0.05, 0) is 114 Å². The predicted octanol–water partition coefficient (Wildman–Crippen LogP) is 9.58. The number of aryl methyl sites for hydroxylation is 6.